The van der Waals surface area contributed by atoms with Crippen LogP contribution in [0.5, 0.6) is 0 Å². The van der Waals surface area contributed by atoms with Gasteiger partial charge in [0.25, 0.3) is 5.91 Å². The highest BCUT2D eigenvalue weighted by atomic mass is 35.5. The molecule has 7 heteroatoms. The molecule has 0 heterocycles. The molecule has 0 fully saturated rings. The lowest BCUT2D eigenvalue weighted by atomic mass is 10.2. The first-order chi connectivity index (χ1) is 11.5. The first kappa shape index (κ1) is 18.6. The molecule has 0 radical (unpaired) electrons. The molecule has 2 aromatic rings. The first-order valence-corrected chi connectivity index (χ1v) is 8.89. The van der Waals surface area contributed by atoms with Crippen molar-refractivity contribution in [3.63, 3.8) is 0 Å². The summed E-state index contributed by atoms with van der Waals surface area (Å²) in [5, 5.41) is 3.35. The van der Waals surface area contributed by atoms with E-state index in [1.54, 1.807) is 24.3 Å². The van der Waals surface area contributed by atoms with Gasteiger partial charge in [0.2, 0.25) is 0 Å². The Hall–Kier alpha value is -1.69. The molecule has 1 N–H and O–H groups in total. The van der Waals surface area contributed by atoms with Crippen LogP contribution in [0, 0.1) is 0 Å². The van der Waals surface area contributed by atoms with Gasteiger partial charge in [-0.3, -0.25) is 4.79 Å². The van der Waals surface area contributed by atoms with E-state index in [1.807, 2.05) is 19.1 Å². The fourth-order valence-corrected chi connectivity index (χ4v) is 3.03. The molecule has 0 saturated heterocycles. The van der Waals surface area contributed by atoms with Crippen LogP contribution < -0.4 is 5.32 Å². The molecule has 126 valence electrons. The summed E-state index contributed by atoms with van der Waals surface area (Å²) in [4.78, 5) is 24.9. The maximum absolute atomic E-state index is 12.2. The smallest absolute Gasteiger partial charge is 0.339 e. The second-order valence-corrected chi connectivity index (χ2v) is 6.83. The Morgan fingerprint density at radius 2 is 1.92 bits per heavy atom. The Morgan fingerprint density at radius 1 is 1.17 bits per heavy atom. The lowest BCUT2D eigenvalue weighted by Gasteiger charge is -2.10. The van der Waals surface area contributed by atoms with E-state index in [0.717, 1.165) is 10.6 Å². The number of carbonyl (C=O) groups excluding carboxylic acids is 2. The number of esters is 1. The Labute approximate surface area is 154 Å². The van der Waals surface area contributed by atoms with Crippen LogP contribution in [0.15, 0.2) is 47.4 Å². The summed E-state index contributed by atoms with van der Waals surface area (Å²) in [6, 6.07) is 11.8. The number of nitrogens with one attached hydrogen (secondary N) is 1. The fraction of sp³-hybridized carbons (Fsp3) is 0.176. The summed E-state index contributed by atoms with van der Waals surface area (Å²) in [5.41, 5.74) is 0.810. The highest BCUT2D eigenvalue weighted by Crippen LogP contribution is 2.25. The molecule has 0 aliphatic heterocycles. The van der Waals surface area contributed by atoms with Crippen molar-refractivity contribution in [1.29, 1.82) is 0 Å². The van der Waals surface area contributed by atoms with E-state index in [9.17, 15) is 9.59 Å². The van der Waals surface area contributed by atoms with Gasteiger partial charge in [0.05, 0.1) is 16.3 Å². The SMILES string of the molecule is CCSc1ccccc1C(=O)OCC(=O)Nc1cc(Cl)ccc1Cl. The third-order valence-corrected chi connectivity index (χ3v) is 4.46. The summed E-state index contributed by atoms with van der Waals surface area (Å²) < 4.78 is 5.08. The van der Waals surface area contributed by atoms with Gasteiger partial charge in [0.1, 0.15) is 0 Å². The van der Waals surface area contributed by atoms with Crippen molar-refractivity contribution in [2.45, 2.75) is 11.8 Å². The number of halogens is 2. The van der Waals surface area contributed by atoms with Crippen molar-refractivity contribution in [3.8, 4) is 0 Å². The van der Waals surface area contributed by atoms with Gasteiger partial charge in [0.15, 0.2) is 6.61 Å². The van der Waals surface area contributed by atoms with Gasteiger partial charge in [-0.15, -0.1) is 11.8 Å². The molecule has 0 aromatic heterocycles. The zero-order valence-corrected chi connectivity index (χ0v) is 15.2. The van der Waals surface area contributed by atoms with E-state index < -0.39 is 18.5 Å². The number of anilines is 1. The number of hydrogen-bond donors (Lipinski definition) is 1. The Balaban J connectivity index is 1.96. The molecule has 0 aliphatic carbocycles. The van der Waals surface area contributed by atoms with Crippen LogP contribution in [0.25, 0.3) is 0 Å². The molecule has 0 bridgehead atoms. The Kier molecular flexibility index (Phi) is 6.97. The maximum atomic E-state index is 12.2. The monoisotopic (exact) mass is 383 g/mol. The topological polar surface area (TPSA) is 55.4 Å². The normalized spacial score (nSPS) is 10.3. The van der Waals surface area contributed by atoms with Crippen molar-refractivity contribution in [1.82, 2.24) is 0 Å². The molecular weight excluding hydrogens is 369 g/mol. The minimum absolute atomic E-state index is 0.351. The average molecular weight is 384 g/mol. The van der Waals surface area contributed by atoms with Gasteiger partial charge < -0.3 is 10.1 Å². The fourth-order valence-electron chi connectivity index (χ4n) is 1.91. The highest BCUT2D eigenvalue weighted by Gasteiger charge is 2.15. The summed E-state index contributed by atoms with van der Waals surface area (Å²) in [6.45, 7) is 1.59. The van der Waals surface area contributed by atoms with E-state index in [4.69, 9.17) is 27.9 Å². The standard InChI is InChI=1S/C17H15Cl2NO3S/c1-2-24-15-6-4-3-5-12(15)17(22)23-10-16(21)20-14-9-11(18)7-8-13(14)19/h3-9H,2,10H2,1H3,(H,20,21). The molecule has 4 nitrogen and oxygen atoms in total. The van der Waals surface area contributed by atoms with Gasteiger partial charge >= 0.3 is 5.97 Å². The van der Waals surface area contributed by atoms with Crippen LogP contribution >= 0.6 is 35.0 Å². The summed E-state index contributed by atoms with van der Waals surface area (Å²) in [7, 11) is 0. The quantitative estimate of drug-likeness (QED) is 0.569. The number of amides is 1. The largest absolute Gasteiger partial charge is 0.452 e. The zero-order valence-electron chi connectivity index (χ0n) is 12.8. The summed E-state index contributed by atoms with van der Waals surface area (Å²) in [5.74, 6) is -0.204. The lowest BCUT2D eigenvalue weighted by molar-refractivity contribution is -0.119. The predicted molar refractivity (Wildman–Crippen MR) is 98.2 cm³/mol. The number of thioether (sulfide) groups is 1. The lowest BCUT2D eigenvalue weighted by Crippen LogP contribution is -2.21. The van der Waals surface area contributed by atoms with E-state index >= 15 is 0 Å². The van der Waals surface area contributed by atoms with Gasteiger partial charge in [-0.1, -0.05) is 42.3 Å². The van der Waals surface area contributed by atoms with Crippen LogP contribution in [0.2, 0.25) is 10.0 Å². The summed E-state index contributed by atoms with van der Waals surface area (Å²) in [6.07, 6.45) is 0. The third-order valence-electron chi connectivity index (χ3n) is 2.94. The molecule has 2 rings (SSSR count). The van der Waals surface area contributed by atoms with E-state index in [0.29, 0.717) is 21.3 Å². The zero-order chi connectivity index (χ0) is 17.5. The van der Waals surface area contributed by atoms with Crippen molar-refractivity contribution in [3.05, 3.63) is 58.1 Å². The predicted octanol–water partition coefficient (Wildman–Crippen LogP) is 4.90. The molecule has 1 amide bonds. The van der Waals surface area contributed by atoms with E-state index in [1.165, 1.54) is 17.8 Å². The second kappa shape index (κ2) is 8.97. The van der Waals surface area contributed by atoms with Gasteiger partial charge in [-0.05, 0) is 36.1 Å². The van der Waals surface area contributed by atoms with Gasteiger partial charge in [-0.2, -0.15) is 0 Å². The van der Waals surface area contributed by atoms with Gasteiger partial charge in [-0.25, -0.2) is 4.79 Å². The van der Waals surface area contributed by atoms with Crippen LogP contribution in [0.1, 0.15) is 17.3 Å². The Bertz CT molecular complexity index is 752. The van der Waals surface area contributed by atoms with Crippen molar-refractivity contribution in [2.24, 2.45) is 0 Å². The van der Waals surface area contributed by atoms with Gasteiger partial charge in [0, 0.05) is 9.92 Å². The molecule has 0 aliphatic rings. The first-order valence-electron chi connectivity index (χ1n) is 7.15. The molecular formula is C17H15Cl2NO3S. The second-order valence-electron chi connectivity index (χ2n) is 4.68. The van der Waals surface area contributed by atoms with Crippen LogP contribution in [0.3, 0.4) is 0 Å². The minimum atomic E-state index is -0.543. The minimum Gasteiger partial charge on any atom is -0.452 e. The van der Waals surface area contributed by atoms with Crippen LogP contribution in [0.4, 0.5) is 5.69 Å². The molecule has 0 unspecified atom stereocenters. The molecule has 0 spiro atoms. The highest BCUT2D eigenvalue weighted by molar-refractivity contribution is 7.99. The molecule has 2 aromatic carbocycles. The van der Waals surface area contributed by atoms with E-state index in [2.05, 4.69) is 5.32 Å². The number of rotatable bonds is 6. The van der Waals surface area contributed by atoms with Crippen LogP contribution in [-0.2, 0) is 9.53 Å². The number of ether oxygens (including phenoxy) is 1. The average Bonchev–Trinajstić information content (AvgIpc) is 2.57. The number of carbonyl (C=O) groups is 2. The number of benzene rings is 2. The van der Waals surface area contributed by atoms with Crippen molar-refractivity contribution >= 4 is 52.5 Å². The van der Waals surface area contributed by atoms with Crippen LogP contribution in [-0.4, -0.2) is 24.2 Å². The van der Waals surface area contributed by atoms with Crippen molar-refractivity contribution < 1.29 is 14.3 Å². The summed E-state index contributed by atoms with van der Waals surface area (Å²) >= 11 is 13.4. The molecule has 0 saturated carbocycles. The molecule has 0 atom stereocenters. The van der Waals surface area contributed by atoms with Crippen molar-refractivity contribution in [2.75, 3.05) is 17.7 Å². The third kappa shape index (κ3) is 5.16. The Morgan fingerprint density at radius 3 is 2.67 bits per heavy atom. The molecule has 24 heavy (non-hydrogen) atoms. The maximum Gasteiger partial charge on any atom is 0.339 e. The van der Waals surface area contributed by atoms with E-state index in [-0.39, 0.29) is 0 Å². The number of hydrogen-bond acceptors (Lipinski definition) is 4.